The van der Waals surface area contributed by atoms with E-state index in [1.54, 1.807) is 0 Å². The summed E-state index contributed by atoms with van der Waals surface area (Å²) in [6.45, 7) is 1.98. The SMILES string of the molecule is CC(=O)NCS[C@@H]1C[C@@H](C(=O)O)N(Cl)C1. The smallest absolute Gasteiger partial charge is 0.322 e. The summed E-state index contributed by atoms with van der Waals surface area (Å²) in [7, 11) is 0. The van der Waals surface area contributed by atoms with E-state index in [1.165, 1.54) is 23.1 Å². The van der Waals surface area contributed by atoms with Crippen LogP contribution in [-0.2, 0) is 9.59 Å². The summed E-state index contributed by atoms with van der Waals surface area (Å²) in [5.41, 5.74) is 0. The van der Waals surface area contributed by atoms with Crippen LogP contribution in [0.2, 0.25) is 0 Å². The van der Waals surface area contributed by atoms with Crippen molar-refractivity contribution in [2.45, 2.75) is 24.6 Å². The van der Waals surface area contributed by atoms with Crippen LogP contribution in [0.1, 0.15) is 13.3 Å². The van der Waals surface area contributed by atoms with Crippen molar-refractivity contribution in [3.8, 4) is 0 Å². The van der Waals surface area contributed by atoms with Crippen LogP contribution in [0.3, 0.4) is 0 Å². The highest BCUT2D eigenvalue weighted by molar-refractivity contribution is 7.99. The third-order valence-corrected chi connectivity index (χ3v) is 3.63. The van der Waals surface area contributed by atoms with Gasteiger partial charge in [0.15, 0.2) is 0 Å². The molecule has 0 aromatic heterocycles. The number of thioether (sulfide) groups is 1. The van der Waals surface area contributed by atoms with Crippen LogP contribution < -0.4 is 5.32 Å². The number of hydrogen-bond acceptors (Lipinski definition) is 4. The fourth-order valence-corrected chi connectivity index (χ4v) is 2.88. The first-order valence-corrected chi connectivity index (χ1v) is 5.90. The molecule has 86 valence electrons. The van der Waals surface area contributed by atoms with E-state index in [2.05, 4.69) is 5.32 Å². The molecular weight excluding hydrogens is 240 g/mol. The zero-order valence-electron chi connectivity index (χ0n) is 8.27. The molecule has 0 radical (unpaired) electrons. The molecular formula is C8H13ClN2O3S. The van der Waals surface area contributed by atoms with Crippen LogP contribution in [0, 0.1) is 0 Å². The van der Waals surface area contributed by atoms with E-state index in [1.807, 2.05) is 0 Å². The summed E-state index contributed by atoms with van der Waals surface area (Å²) in [5, 5.41) is 11.6. The summed E-state index contributed by atoms with van der Waals surface area (Å²) < 4.78 is 1.31. The molecule has 0 aromatic carbocycles. The molecule has 1 amide bonds. The third kappa shape index (κ3) is 3.89. The van der Waals surface area contributed by atoms with Crippen molar-refractivity contribution in [3.05, 3.63) is 0 Å². The molecule has 7 heteroatoms. The van der Waals surface area contributed by atoms with Crippen LogP contribution in [-0.4, -0.2) is 45.1 Å². The van der Waals surface area contributed by atoms with E-state index in [-0.39, 0.29) is 11.2 Å². The summed E-state index contributed by atoms with van der Waals surface area (Å²) in [6.07, 6.45) is 0.517. The Balaban J connectivity index is 2.29. The first-order valence-electron chi connectivity index (χ1n) is 4.52. The zero-order valence-corrected chi connectivity index (χ0v) is 9.85. The Morgan fingerprint density at radius 1 is 1.67 bits per heavy atom. The Bertz CT molecular complexity index is 264. The molecule has 1 fully saturated rings. The first-order chi connectivity index (χ1) is 7.00. The average molecular weight is 253 g/mol. The van der Waals surface area contributed by atoms with E-state index in [0.29, 0.717) is 18.8 Å². The average Bonchev–Trinajstić information content (AvgIpc) is 2.46. The lowest BCUT2D eigenvalue weighted by Crippen LogP contribution is -2.28. The summed E-state index contributed by atoms with van der Waals surface area (Å²) >= 11 is 7.28. The van der Waals surface area contributed by atoms with Gasteiger partial charge in [0.1, 0.15) is 6.04 Å². The maximum atomic E-state index is 10.7. The van der Waals surface area contributed by atoms with E-state index in [0.717, 1.165) is 0 Å². The van der Waals surface area contributed by atoms with Crippen molar-refractivity contribution in [2.75, 3.05) is 12.4 Å². The maximum Gasteiger partial charge on any atom is 0.322 e. The van der Waals surface area contributed by atoms with Gasteiger partial charge >= 0.3 is 5.97 Å². The lowest BCUT2D eigenvalue weighted by atomic mass is 10.2. The molecule has 1 aliphatic heterocycles. The minimum Gasteiger partial charge on any atom is -0.480 e. The molecule has 0 aliphatic carbocycles. The number of aliphatic carboxylic acids is 1. The number of nitrogens with zero attached hydrogens (tertiary/aromatic N) is 1. The molecule has 0 bridgehead atoms. The number of halogens is 1. The van der Waals surface area contributed by atoms with Crippen LogP contribution in [0.4, 0.5) is 0 Å². The number of carbonyl (C=O) groups excluding carboxylic acids is 1. The molecule has 0 aromatic rings. The van der Waals surface area contributed by atoms with Crippen molar-refractivity contribution < 1.29 is 14.7 Å². The highest BCUT2D eigenvalue weighted by Gasteiger charge is 2.36. The minimum absolute atomic E-state index is 0.0852. The van der Waals surface area contributed by atoms with Gasteiger partial charge in [-0.2, -0.15) is 0 Å². The quantitative estimate of drug-likeness (QED) is 0.563. The summed E-state index contributed by atoms with van der Waals surface area (Å²) in [6, 6.07) is -0.610. The van der Waals surface area contributed by atoms with Crippen LogP contribution in [0.15, 0.2) is 0 Å². The highest BCUT2D eigenvalue weighted by Crippen LogP contribution is 2.28. The van der Waals surface area contributed by atoms with Crippen LogP contribution in [0.25, 0.3) is 0 Å². The van der Waals surface area contributed by atoms with Crippen LogP contribution >= 0.6 is 23.5 Å². The van der Waals surface area contributed by atoms with Crippen LogP contribution in [0.5, 0.6) is 0 Å². The predicted octanol–water partition coefficient (Wildman–Crippen LogP) is 0.495. The number of rotatable bonds is 4. The normalized spacial score (nSPS) is 26.5. The number of nitrogens with one attached hydrogen (secondary N) is 1. The standard InChI is InChI=1S/C8H13ClN2O3S/c1-5(12)10-4-15-6-2-7(8(13)14)11(9)3-6/h6-7H,2-4H2,1H3,(H,10,12)(H,13,14)/t6-,7+/m1/s1. The van der Waals surface area contributed by atoms with Gasteiger partial charge in [0.05, 0.1) is 5.88 Å². The molecule has 2 N–H and O–H groups in total. The van der Waals surface area contributed by atoms with Crippen molar-refractivity contribution in [3.63, 3.8) is 0 Å². The Morgan fingerprint density at radius 3 is 2.80 bits per heavy atom. The molecule has 2 atom stereocenters. The fraction of sp³-hybridized carbons (Fsp3) is 0.750. The van der Waals surface area contributed by atoms with Crippen molar-refractivity contribution in [1.82, 2.24) is 9.74 Å². The lowest BCUT2D eigenvalue weighted by molar-refractivity contribution is -0.140. The van der Waals surface area contributed by atoms with E-state index < -0.39 is 12.0 Å². The summed E-state index contributed by atoms with van der Waals surface area (Å²) in [5.74, 6) is -0.484. The predicted molar refractivity (Wildman–Crippen MR) is 58.7 cm³/mol. The Labute approximate surface area is 97.3 Å². The topological polar surface area (TPSA) is 69.6 Å². The van der Waals surface area contributed by atoms with Gasteiger partial charge in [-0.05, 0) is 18.2 Å². The molecule has 1 aliphatic rings. The molecule has 0 saturated carbocycles. The molecule has 1 heterocycles. The fourth-order valence-electron chi connectivity index (χ4n) is 1.36. The second kappa shape index (κ2) is 5.58. The number of hydrogen-bond donors (Lipinski definition) is 2. The molecule has 1 saturated heterocycles. The maximum absolute atomic E-state index is 10.7. The second-order valence-corrected chi connectivity index (χ2v) is 5.06. The molecule has 1 rings (SSSR count). The van der Waals surface area contributed by atoms with E-state index in [9.17, 15) is 9.59 Å². The van der Waals surface area contributed by atoms with Crippen molar-refractivity contribution in [1.29, 1.82) is 0 Å². The highest BCUT2D eigenvalue weighted by atomic mass is 35.5. The van der Waals surface area contributed by atoms with Gasteiger partial charge in [-0.25, -0.2) is 4.42 Å². The van der Waals surface area contributed by atoms with E-state index >= 15 is 0 Å². The Morgan fingerprint density at radius 2 is 2.33 bits per heavy atom. The van der Waals surface area contributed by atoms with Gasteiger partial charge in [0, 0.05) is 18.7 Å². The van der Waals surface area contributed by atoms with Gasteiger partial charge in [-0.1, -0.05) is 0 Å². The monoisotopic (exact) mass is 252 g/mol. The lowest BCUT2D eigenvalue weighted by Gasteiger charge is -2.09. The summed E-state index contributed by atoms with van der Waals surface area (Å²) in [4.78, 5) is 21.3. The first kappa shape index (κ1) is 12.6. The largest absolute Gasteiger partial charge is 0.480 e. The van der Waals surface area contributed by atoms with Crippen molar-refractivity contribution >= 4 is 35.4 Å². The number of carboxylic acid groups (broad SMARTS) is 1. The number of carboxylic acids is 1. The van der Waals surface area contributed by atoms with Gasteiger partial charge in [0.2, 0.25) is 5.91 Å². The Hall–Kier alpha value is -0.460. The number of amides is 1. The van der Waals surface area contributed by atoms with Crippen molar-refractivity contribution in [2.24, 2.45) is 0 Å². The molecule has 15 heavy (non-hydrogen) atoms. The molecule has 5 nitrogen and oxygen atoms in total. The number of carbonyl (C=O) groups is 2. The Kier molecular flexibility index (Phi) is 4.69. The zero-order chi connectivity index (χ0) is 11.4. The molecule has 0 unspecified atom stereocenters. The second-order valence-electron chi connectivity index (χ2n) is 3.34. The van der Waals surface area contributed by atoms with Gasteiger partial charge in [0.25, 0.3) is 0 Å². The third-order valence-electron chi connectivity index (χ3n) is 2.13. The van der Waals surface area contributed by atoms with E-state index in [4.69, 9.17) is 16.9 Å². The van der Waals surface area contributed by atoms with Gasteiger partial charge in [-0.3, -0.25) is 9.59 Å². The van der Waals surface area contributed by atoms with Gasteiger partial charge in [-0.15, -0.1) is 11.8 Å². The van der Waals surface area contributed by atoms with Gasteiger partial charge < -0.3 is 10.4 Å². The minimum atomic E-state index is -0.896. The molecule has 0 spiro atoms.